The van der Waals surface area contributed by atoms with Crippen molar-refractivity contribution in [1.82, 2.24) is 29.8 Å². The lowest BCUT2D eigenvalue weighted by Crippen LogP contribution is -2.29. The van der Waals surface area contributed by atoms with Crippen LogP contribution in [0.2, 0.25) is 0 Å². The summed E-state index contributed by atoms with van der Waals surface area (Å²) in [6.07, 6.45) is 6.10. The summed E-state index contributed by atoms with van der Waals surface area (Å²) in [7, 11) is 3.46. The summed E-state index contributed by atoms with van der Waals surface area (Å²) in [6.45, 7) is 3.90. The molecular formula is C28H39F3N6O. The van der Waals surface area contributed by atoms with Crippen LogP contribution in [-0.2, 0) is 26.4 Å². The highest BCUT2D eigenvalue weighted by atomic mass is 19.4. The van der Waals surface area contributed by atoms with Crippen molar-refractivity contribution in [3.8, 4) is 0 Å². The van der Waals surface area contributed by atoms with Gasteiger partial charge < -0.3 is 10.2 Å². The van der Waals surface area contributed by atoms with Crippen LogP contribution >= 0.6 is 0 Å². The molecule has 1 saturated carbocycles. The van der Waals surface area contributed by atoms with E-state index < -0.39 is 12.6 Å². The second kappa shape index (κ2) is 12.8. The topological polar surface area (TPSA) is 68.0 Å². The van der Waals surface area contributed by atoms with Crippen LogP contribution in [0, 0.1) is 5.92 Å². The van der Waals surface area contributed by atoms with Crippen LogP contribution in [0.4, 0.5) is 13.2 Å². The van der Waals surface area contributed by atoms with Crippen LogP contribution in [0.3, 0.4) is 0 Å². The van der Waals surface area contributed by atoms with Gasteiger partial charge in [-0.25, -0.2) is 0 Å². The van der Waals surface area contributed by atoms with Gasteiger partial charge in [0, 0.05) is 63.7 Å². The number of hydrogen-bond donors (Lipinski definition) is 1. The summed E-state index contributed by atoms with van der Waals surface area (Å²) in [5.74, 6) is 0.816. The number of rotatable bonds is 6. The Morgan fingerprint density at radius 1 is 1.11 bits per heavy atom. The summed E-state index contributed by atoms with van der Waals surface area (Å²) in [6, 6.07) is 7.39. The molecule has 0 bridgehead atoms. The van der Waals surface area contributed by atoms with Gasteiger partial charge in [-0.1, -0.05) is 38.2 Å². The molecule has 7 nitrogen and oxygen atoms in total. The van der Waals surface area contributed by atoms with Crippen LogP contribution in [0.15, 0.2) is 30.5 Å². The summed E-state index contributed by atoms with van der Waals surface area (Å²) in [4.78, 5) is 14.0. The van der Waals surface area contributed by atoms with E-state index in [9.17, 15) is 18.0 Å². The average Bonchev–Trinajstić information content (AvgIpc) is 3.43. The number of benzene rings is 1. The van der Waals surface area contributed by atoms with Crippen LogP contribution in [0.25, 0.3) is 10.9 Å². The molecule has 1 aliphatic heterocycles. The Hall–Kier alpha value is -2.88. The van der Waals surface area contributed by atoms with Crippen LogP contribution < -0.4 is 5.32 Å². The third-order valence-corrected chi connectivity index (χ3v) is 7.61. The SMILES string of the molecule is CNC(=O)c1cccc2nn(C)cc12.FC(F)(F)CCc1cc2n(n1)CCN(CCC1CCCCC1)CC2. The number of carbonyl (C=O) groups is 1. The van der Waals surface area contributed by atoms with E-state index in [4.69, 9.17) is 0 Å². The molecule has 0 unspecified atom stereocenters. The van der Waals surface area contributed by atoms with E-state index in [0.29, 0.717) is 11.3 Å². The Labute approximate surface area is 222 Å². The molecule has 1 aliphatic carbocycles. The predicted octanol–water partition coefficient (Wildman–Crippen LogP) is 5.14. The van der Waals surface area contributed by atoms with Gasteiger partial charge in [-0.2, -0.15) is 23.4 Å². The number of aromatic nitrogens is 4. The number of aryl methyl sites for hydroxylation is 2. The second-order valence-electron chi connectivity index (χ2n) is 10.5. The monoisotopic (exact) mass is 532 g/mol. The molecule has 5 rings (SSSR count). The number of amides is 1. The summed E-state index contributed by atoms with van der Waals surface area (Å²) < 4.78 is 40.6. The van der Waals surface area contributed by atoms with Crippen molar-refractivity contribution >= 4 is 16.8 Å². The fourth-order valence-electron chi connectivity index (χ4n) is 5.48. The Morgan fingerprint density at radius 2 is 1.89 bits per heavy atom. The minimum atomic E-state index is -4.10. The minimum absolute atomic E-state index is 0.00507. The summed E-state index contributed by atoms with van der Waals surface area (Å²) in [5.41, 5.74) is 3.18. The van der Waals surface area contributed by atoms with Gasteiger partial charge in [-0.3, -0.25) is 14.2 Å². The number of nitrogens with one attached hydrogen (secondary N) is 1. The van der Waals surface area contributed by atoms with Crippen molar-refractivity contribution in [1.29, 1.82) is 0 Å². The molecule has 0 saturated heterocycles. The minimum Gasteiger partial charge on any atom is -0.355 e. The van der Waals surface area contributed by atoms with Gasteiger partial charge in [-0.15, -0.1) is 0 Å². The average molecular weight is 533 g/mol. The van der Waals surface area contributed by atoms with Gasteiger partial charge in [0.1, 0.15) is 0 Å². The molecule has 3 heterocycles. The summed E-state index contributed by atoms with van der Waals surface area (Å²) in [5, 5.41) is 12.1. The van der Waals surface area contributed by atoms with Gasteiger partial charge >= 0.3 is 6.18 Å². The number of alkyl halides is 3. The maximum absolute atomic E-state index is 12.3. The number of halogens is 3. The molecule has 0 spiro atoms. The molecule has 1 amide bonds. The van der Waals surface area contributed by atoms with Crippen molar-refractivity contribution < 1.29 is 18.0 Å². The zero-order valence-corrected chi connectivity index (χ0v) is 22.4. The van der Waals surface area contributed by atoms with Gasteiger partial charge in [0.25, 0.3) is 5.91 Å². The third-order valence-electron chi connectivity index (χ3n) is 7.61. The number of nitrogens with zero attached hydrogens (tertiary/aromatic N) is 5. The first-order valence-corrected chi connectivity index (χ1v) is 13.7. The van der Waals surface area contributed by atoms with E-state index in [0.717, 1.165) is 55.1 Å². The molecule has 1 fully saturated rings. The fraction of sp³-hybridized carbons (Fsp3) is 0.607. The van der Waals surface area contributed by atoms with Crippen LogP contribution in [0.5, 0.6) is 0 Å². The molecule has 1 N–H and O–H groups in total. The smallest absolute Gasteiger partial charge is 0.355 e. The number of carbonyl (C=O) groups excluding carboxylic acids is 1. The zero-order chi connectivity index (χ0) is 27.1. The van der Waals surface area contributed by atoms with Crippen LogP contribution in [0.1, 0.15) is 66.7 Å². The highest BCUT2D eigenvalue weighted by molar-refractivity contribution is 6.05. The van der Waals surface area contributed by atoms with Crippen molar-refractivity contribution in [3.05, 3.63) is 47.4 Å². The maximum atomic E-state index is 12.3. The Morgan fingerprint density at radius 3 is 2.63 bits per heavy atom. The van der Waals surface area contributed by atoms with Gasteiger partial charge in [-0.05, 0) is 37.1 Å². The largest absolute Gasteiger partial charge is 0.389 e. The molecule has 208 valence electrons. The van der Waals surface area contributed by atoms with Crippen molar-refractivity contribution in [2.75, 3.05) is 26.7 Å². The van der Waals surface area contributed by atoms with Crippen molar-refractivity contribution in [3.63, 3.8) is 0 Å². The Bertz CT molecular complexity index is 1170. The fourth-order valence-corrected chi connectivity index (χ4v) is 5.48. The third kappa shape index (κ3) is 7.82. The number of hydrogen-bond acceptors (Lipinski definition) is 4. The Balaban J connectivity index is 0.000000204. The molecular weight excluding hydrogens is 493 g/mol. The van der Waals surface area contributed by atoms with Crippen molar-refractivity contribution in [2.24, 2.45) is 13.0 Å². The molecule has 38 heavy (non-hydrogen) atoms. The first kappa shape index (κ1) is 28.1. The van der Waals surface area contributed by atoms with E-state index in [2.05, 4.69) is 20.4 Å². The Kier molecular flexibility index (Phi) is 9.46. The second-order valence-corrected chi connectivity index (χ2v) is 10.5. The standard InChI is InChI=1S/C18H28F3N3.C10H11N3O/c19-18(20,21)9-6-16-14-17-8-11-23(12-13-24(17)22-16)10-7-15-4-2-1-3-5-15;1-11-10(14)7-4-3-5-9-8(7)6-13(2)12-9/h14-15H,1-13H2;3-6H,1-2H3,(H,11,14). The lowest BCUT2D eigenvalue weighted by atomic mass is 9.87. The predicted molar refractivity (Wildman–Crippen MR) is 142 cm³/mol. The quantitative estimate of drug-likeness (QED) is 0.478. The van der Waals surface area contributed by atoms with Gasteiger partial charge in [0.15, 0.2) is 0 Å². The van der Waals surface area contributed by atoms with E-state index in [1.807, 2.05) is 36.1 Å². The molecule has 2 aromatic heterocycles. The van der Waals surface area contributed by atoms with Crippen molar-refractivity contribution in [2.45, 2.75) is 70.5 Å². The van der Waals surface area contributed by atoms with Gasteiger partial charge in [0.2, 0.25) is 0 Å². The van der Waals surface area contributed by atoms with E-state index in [-0.39, 0.29) is 12.3 Å². The molecule has 0 atom stereocenters. The summed E-state index contributed by atoms with van der Waals surface area (Å²) >= 11 is 0. The zero-order valence-electron chi connectivity index (χ0n) is 22.4. The highest BCUT2D eigenvalue weighted by Crippen LogP contribution is 2.27. The van der Waals surface area contributed by atoms with Gasteiger partial charge in [0.05, 0.1) is 23.3 Å². The lowest BCUT2D eigenvalue weighted by molar-refractivity contribution is -0.134. The van der Waals surface area contributed by atoms with E-state index in [1.54, 1.807) is 17.8 Å². The molecule has 1 aromatic carbocycles. The van der Waals surface area contributed by atoms with Crippen LogP contribution in [-0.4, -0.2) is 63.2 Å². The highest BCUT2D eigenvalue weighted by Gasteiger charge is 2.27. The molecule has 3 aromatic rings. The van der Waals surface area contributed by atoms with E-state index in [1.165, 1.54) is 38.5 Å². The first-order chi connectivity index (χ1) is 18.2. The molecule has 0 radical (unpaired) electrons. The number of fused-ring (bicyclic) bond motifs is 2. The maximum Gasteiger partial charge on any atom is 0.389 e. The van der Waals surface area contributed by atoms with E-state index >= 15 is 0 Å². The normalized spacial score (nSPS) is 17.0. The molecule has 10 heteroatoms. The molecule has 2 aliphatic rings. The first-order valence-electron chi connectivity index (χ1n) is 13.7. The lowest BCUT2D eigenvalue weighted by Gasteiger charge is -2.25.